The lowest BCUT2D eigenvalue weighted by Crippen LogP contribution is -2.25. The highest BCUT2D eigenvalue weighted by atomic mass is 16.4. The Morgan fingerprint density at radius 1 is 1.33 bits per heavy atom. The summed E-state index contributed by atoms with van der Waals surface area (Å²) in [5.74, 6) is -0.594. The fourth-order valence-corrected chi connectivity index (χ4v) is 1.77. The van der Waals surface area contributed by atoms with Crippen LogP contribution in [0.5, 0.6) is 0 Å². The Morgan fingerprint density at radius 3 is 2.76 bits per heavy atom. The van der Waals surface area contributed by atoms with E-state index in [4.69, 9.17) is 10.4 Å². The molecule has 0 saturated carbocycles. The van der Waals surface area contributed by atoms with Crippen LogP contribution >= 0.6 is 0 Å². The Hall–Kier alpha value is -3.01. The van der Waals surface area contributed by atoms with E-state index in [1.165, 1.54) is 12.4 Å². The molecule has 2 aromatic heterocycles. The Labute approximate surface area is 121 Å². The second kappa shape index (κ2) is 6.96. The lowest BCUT2D eigenvalue weighted by Gasteiger charge is -2.22. The smallest absolute Gasteiger partial charge is 0.356 e. The van der Waals surface area contributed by atoms with Crippen LogP contribution in [0.3, 0.4) is 0 Å². The number of nitriles is 1. The number of anilines is 1. The molecule has 0 amide bonds. The van der Waals surface area contributed by atoms with Crippen LogP contribution in [0.1, 0.15) is 22.5 Å². The first-order valence-electron chi connectivity index (χ1n) is 6.27. The normalized spacial score (nSPS) is 9.86. The van der Waals surface area contributed by atoms with E-state index in [9.17, 15) is 4.79 Å². The summed E-state index contributed by atoms with van der Waals surface area (Å²) >= 11 is 0. The van der Waals surface area contributed by atoms with Crippen molar-refractivity contribution in [3.8, 4) is 6.07 Å². The maximum absolute atomic E-state index is 10.8. The van der Waals surface area contributed by atoms with Crippen molar-refractivity contribution in [1.29, 1.82) is 5.26 Å². The van der Waals surface area contributed by atoms with Gasteiger partial charge in [0.1, 0.15) is 5.82 Å². The number of aromatic carboxylic acids is 1. The van der Waals surface area contributed by atoms with Crippen LogP contribution in [-0.2, 0) is 6.54 Å². The average Bonchev–Trinajstić information content (AvgIpc) is 2.52. The van der Waals surface area contributed by atoms with Crippen molar-refractivity contribution in [3.05, 3.63) is 48.2 Å². The van der Waals surface area contributed by atoms with E-state index in [-0.39, 0.29) is 5.69 Å². The van der Waals surface area contributed by atoms with Gasteiger partial charge in [-0.05, 0) is 11.6 Å². The van der Waals surface area contributed by atoms with E-state index < -0.39 is 5.97 Å². The Balaban J connectivity index is 2.19. The van der Waals surface area contributed by atoms with Crippen molar-refractivity contribution < 1.29 is 9.90 Å². The summed E-state index contributed by atoms with van der Waals surface area (Å²) in [7, 11) is 0. The van der Waals surface area contributed by atoms with Gasteiger partial charge >= 0.3 is 5.97 Å². The molecule has 7 nitrogen and oxygen atoms in total. The van der Waals surface area contributed by atoms with Crippen LogP contribution in [0.4, 0.5) is 5.82 Å². The quantitative estimate of drug-likeness (QED) is 0.856. The molecule has 0 radical (unpaired) electrons. The molecule has 0 atom stereocenters. The predicted octanol–water partition coefficient (Wildman–Crippen LogP) is 1.49. The fraction of sp³-hybridized carbons (Fsp3) is 0.214. The molecule has 21 heavy (non-hydrogen) atoms. The molecular formula is C14H13N5O2. The molecule has 2 aromatic rings. The summed E-state index contributed by atoms with van der Waals surface area (Å²) in [6.45, 7) is 1.00. The van der Waals surface area contributed by atoms with E-state index >= 15 is 0 Å². The third kappa shape index (κ3) is 3.98. The van der Waals surface area contributed by atoms with Crippen LogP contribution in [-0.4, -0.2) is 32.6 Å². The molecule has 0 spiro atoms. The third-order valence-electron chi connectivity index (χ3n) is 2.77. The Kier molecular flexibility index (Phi) is 4.77. The molecule has 2 rings (SSSR count). The predicted molar refractivity (Wildman–Crippen MR) is 74.5 cm³/mol. The van der Waals surface area contributed by atoms with Gasteiger partial charge in [0.05, 0.1) is 24.9 Å². The van der Waals surface area contributed by atoms with Gasteiger partial charge in [0.15, 0.2) is 5.69 Å². The Morgan fingerprint density at radius 2 is 2.19 bits per heavy atom. The zero-order chi connectivity index (χ0) is 15.1. The van der Waals surface area contributed by atoms with Gasteiger partial charge in [0, 0.05) is 25.5 Å². The van der Waals surface area contributed by atoms with E-state index in [1.807, 2.05) is 17.0 Å². The van der Waals surface area contributed by atoms with Gasteiger partial charge in [0.2, 0.25) is 0 Å². The summed E-state index contributed by atoms with van der Waals surface area (Å²) in [6, 6.07) is 5.84. The van der Waals surface area contributed by atoms with Crippen LogP contribution in [0.25, 0.3) is 0 Å². The number of aromatic nitrogens is 3. The van der Waals surface area contributed by atoms with Gasteiger partial charge in [-0.2, -0.15) is 5.26 Å². The van der Waals surface area contributed by atoms with Crippen LogP contribution in [0, 0.1) is 11.3 Å². The molecular weight excluding hydrogens is 270 g/mol. The highest BCUT2D eigenvalue weighted by Crippen LogP contribution is 2.13. The molecule has 0 aromatic carbocycles. The topological polar surface area (TPSA) is 103 Å². The third-order valence-corrected chi connectivity index (χ3v) is 2.77. The van der Waals surface area contributed by atoms with Crippen molar-refractivity contribution in [2.24, 2.45) is 0 Å². The van der Waals surface area contributed by atoms with Gasteiger partial charge in [-0.15, -0.1) is 0 Å². The van der Waals surface area contributed by atoms with E-state index in [1.54, 1.807) is 12.4 Å². The zero-order valence-corrected chi connectivity index (χ0v) is 11.2. The van der Waals surface area contributed by atoms with Crippen molar-refractivity contribution >= 4 is 11.8 Å². The molecule has 2 heterocycles. The van der Waals surface area contributed by atoms with E-state index in [2.05, 4.69) is 21.0 Å². The van der Waals surface area contributed by atoms with Crippen molar-refractivity contribution in [1.82, 2.24) is 15.0 Å². The maximum Gasteiger partial charge on any atom is 0.356 e. The molecule has 1 N–H and O–H groups in total. The number of nitrogens with zero attached hydrogens (tertiary/aromatic N) is 5. The minimum atomic E-state index is -1.12. The van der Waals surface area contributed by atoms with Gasteiger partial charge in [-0.3, -0.25) is 4.98 Å². The van der Waals surface area contributed by atoms with Gasteiger partial charge in [-0.1, -0.05) is 6.07 Å². The molecule has 0 saturated heterocycles. The molecule has 0 aliphatic carbocycles. The summed E-state index contributed by atoms with van der Waals surface area (Å²) in [5.41, 5.74) is 0.861. The van der Waals surface area contributed by atoms with Gasteiger partial charge in [0.25, 0.3) is 0 Å². The molecule has 106 valence electrons. The first kappa shape index (κ1) is 14.4. The molecule has 0 fully saturated rings. The summed E-state index contributed by atoms with van der Waals surface area (Å²) in [4.78, 5) is 24.6. The van der Waals surface area contributed by atoms with Gasteiger partial charge < -0.3 is 10.0 Å². The van der Waals surface area contributed by atoms with Crippen molar-refractivity contribution in [2.45, 2.75) is 13.0 Å². The first-order valence-corrected chi connectivity index (χ1v) is 6.27. The average molecular weight is 283 g/mol. The highest BCUT2D eigenvalue weighted by Gasteiger charge is 2.11. The van der Waals surface area contributed by atoms with E-state index in [0.29, 0.717) is 25.3 Å². The summed E-state index contributed by atoms with van der Waals surface area (Å²) in [6.07, 6.45) is 6.36. The monoisotopic (exact) mass is 283 g/mol. The number of carboxylic acids is 1. The molecule has 0 bridgehead atoms. The maximum atomic E-state index is 10.8. The SMILES string of the molecule is N#CCCN(Cc1cccnc1)c1cnc(C(=O)O)cn1. The number of hydrogen-bond donors (Lipinski definition) is 1. The summed E-state index contributed by atoms with van der Waals surface area (Å²) < 4.78 is 0. The molecule has 0 aliphatic heterocycles. The number of hydrogen-bond acceptors (Lipinski definition) is 6. The highest BCUT2D eigenvalue weighted by molar-refractivity contribution is 5.84. The van der Waals surface area contributed by atoms with Crippen LogP contribution in [0.15, 0.2) is 36.9 Å². The second-order valence-corrected chi connectivity index (χ2v) is 4.26. The molecule has 0 unspecified atom stereocenters. The lowest BCUT2D eigenvalue weighted by molar-refractivity contribution is 0.0690. The standard InChI is InChI=1S/C14H13N5O2/c15-4-2-6-19(10-11-3-1-5-16-7-11)13-9-17-12(8-18-13)14(20)21/h1,3,5,7-9H,2,6,10H2,(H,20,21). The minimum Gasteiger partial charge on any atom is -0.476 e. The molecule has 7 heteroatoms. The minimum absolute atomic E-state index is 0.111. The fourth-order valence-electron chi connectivity index (χ4n) is 1.77. The largest absolute Gasteiger partial charge is 0.476 e. The zero-order valence-electron chi connectivity index (χ0n) is 11.2. The first-order chi connectivity index (χ1) is 10.2. The lowest BCUT2D eigenvalue weighted by atomic mass is 10.2. The second-order valence-electron chi connectivity index (χ2n) is 4.26. The number of rotatable bonds is 6. The van der Waals surface area contributed by atoms with Crippen LogP contribution in [0.2, 0.25) is 0 Å². The number of carbonyl (C=O) groups is 1. The number of pyridine rings is 1. The van der Waals surface area contributed by atoms with Crippen molar-refractivity contribution in [2.75, 3.05) is 11.4 Å². The van der Waals surface area contributed by atoms with Gasteiger partial charge in [-0.25, -0.2) is 14.8 Å². The number of carboxylic acid groups (broad SMARTS) is 1. The summed E-state index contributed by atoms with van der Waals surface area (Å²) in [5, 5.41) is 17.6. The Bertz CT molecular complexity index is 637. The van der Waals surface area contributed by atoms with E-state index in [0.717, 1.165) is 5.56 Å². The van der Waals surface area contributed by atoms with Crippen LogP contribution < -0.4 is 4.90 Å². The molecule has 0 aliphatic rings. The van der Waals surface area contributed by atoms with Crippen molar-refractivity contribution in [3.63, 3.8) is 0 Å².